The van der Waals surface area contributed by atoms with Crippen LogP contribution in [0.15, 0.2) is 59.1 Å². The van der Waals surface area contributed by atoms with E-state index in [1.54, 1.807) is 25.3 Å². The third kappa shape index (κ3) is 4.87. The van der Waals surface area contributed by atoms with Crippen LogP contribution in [0.4, 0.5) is 14.6 Å². The zero-order chi connectivity index (χ0) is 34.1. The number of benzene rings is 2. The Morgan fingerprint density at radius 3 is 2.74 bits per heavy atom. The molecule has 0 radical (unpaired) electrons. The van der Waals surface area contributed by atoms with Crippen molar-refractivity contribution in [3.8, 4) is 27.6 Å². The van der Waals surface area contributed by atoms with E-state index in [0.29, 0.717) is 71.2 Å². The van der Waals surface area contributed by atoms with Gasteiger partial charge in [0.2, 0.25) is 11.8 Å². The average molecular weight is 691 g/mol. The van der Waals surface area contributed by atoms with E-state index >= 15 is 0 Å². The van der Waals surface area contributed by atoms with E-state index in [1.807, 2.05) is 23.1 Å². The predicted molar refractivity (Wildman–Crippen MR) is 185 cm³/mol. The van der Waals surface area contributed by atoms with Gasteiger partial charge >= 0.3 is 0 Å². The third-order valence-electron chi connectivity index (χ3n) is 10.2. The molecular formula is C38H32F2N6O3S. The zero-order valence-electron chi connectivity index (χ0n) is 27.4. The Hall–Kier alpha value is -5.23. The van der Waals surface area contributed by atoms with Gasteiger partial charge in [-0.3, -0.25) is 9.78 Å². The Morgan fingerprint density at radius 1 is 1.04 bits per heavy atom. The number of fused-ring (bicyclic) bond motifs is 5. The van der Waals surface area contributed by atoms with Crippen molar-refractivity contribution in [3.63, 3.8) is 0 Å². The first-order chi connectivity index (χ1) is 24.4. The first-order valence-electron chi connectivity index (χ1n) is 16.8. The van der Waals surface area contributed by atoms with Gasteiger partial charge in [-0.15, -0.1) is 21.5 Å². The summed E-state index contributed by atoms with van der Waals surface area (Å²) in [5.74, 6) is 0.964. The lowest BCUT2D eigenvalue weighted by molar-refractivity contribution is 0.0776. The van der Waals surface area contributed by atoms with Gasteiger partial charge in [0.15, 0.2) is 11.6 Å². The number of ether oxygens (including phenoxy) is 1. The van der Waals surface area contributed by atoms with Crippen molar-refractivity contribution in [2.75, 3.05) is 19.0 Å². The molecule has 1 amide bonds. The fourth-order valence-electron chi connectivity index (χ4n) is 7.93. The van der Waals surface area contributed by atoms with E-state index in [0.717, 1.165) is 51.0 Å². The molecule has 1 saturated heterocycles. The molecule has 6 aromatic rings. The Labute approximate surface area is 290 Å². The molecule has 4 aromatic heterocycles. The molecule has 2 aromatic carbocycles. The highest BCUT2D eigenvalue weighted by molar-refractivity contribution is 7.23. The van der Waals surface area contributed by atoms with Gasteiger partial charge in [0.25, 0.3) is 5.91 Å². The number of thiophene rings is 1. The minimum atomic E-state index is -0.365. The van der Waals surface area contributed by atoms with Crippen molar-refractivity contribution in [1.29, 1.82) is 0 Å². The molecule has 0 unspecified atom stereocenters. The van der Waals surface area contributed by atoms with E-state index in [2.05, 4.69) is 21.6 Å². The highest BCUT2D eigenvalue weighted by atomic mass is 32.1. The normalized spacial score (nSPS) is 17.8. The molecule has 0 spiro atoms. The molecule has 1 N–H and O–H groups in total. The SMILES string of the molecule is COc1c(F)ccc2c1CC[C@H]2Nc1nccc2cc(-c3c4c(nc(CCc5ccccc5F)c3-c3nnc(C)o3)[C@H]3CCCN3C4=O)sc12. The fourth-order valence-corrected chi connectivity index (χ4v) is 9.09. The minimum Gasteiger partial charge on any atom is -0.493 e. The van der Waals surface area contributed by atoms with Crippen molar-refractivity contribution < 1.29 is 22.7 Å². The molecule has 9 nitrogen and oxygen atoms in total. The number of anilines is 1. The molecule has 12 heteroatoms. The second kappa shape index (κ2) is 12.0. The molecule has 50 heavy (non-hydrogen) atoms. The highest BCUT2D eigenvalue weighted by Crippen LogP contribution is 2.51. The number of methoxy groups -OCH3 is 1. The molecule has 3 aliphatic rings. The lowest BCUT2D eigenvalue weighted by Gasteiger charge is -2.16. The number of halogens is 2. The number of rotatable bonds is 8. The number of carbonyl (C=O) groups excluding carboxylic acids is 1. The van der Waals surface area contributed by atoms with Crippen molar-refractivity contribution >= 4 is 33.1 Å². The van der Waals surface area contributed by atoms with Gasteiger partial charge < -0.3 is 19.4 Å². The van der Waals surface area contributed by atoms with E-state index in [9.17, 15) is 13.6 Å². The summed E-state index contributed by atoms with van der Waals surface area (Å²) in [4.78, 5) is 26.9. The summed E-state index contributed by atoms with van der Waals surface area (Å²) in [6.45, 7) is 2.40. The molecule has 2 aliphatic heterocycles. The molecule has 2 atom stereocenters. The summed E-state index contributed by atoms with van der Waals surface area (Å²) < 4.78 is 41.7. The number of pyridine rings is 2. The number of hydrogen-bond donors (Lipinski definition) is 1. The summed E-state index contributed by atoms with van der Waals surface area (Å²) >= 11 is 1.53. The lowest BCUT2D eigenvalue weighted by atomic mass is 9.93. The maximum absolute atomic E-state index is 14.8. The number of nitrogens with zero attached hydrogens (tertiary/aromatic N) is 5. The zero-order valence-corrected chi connectivity index (χ0v) is 28.2. The second-order valence-corrected chi connectivity index (χ2v) is 14.1. The largest absolute Gasteiger partial charge is 0.493 e. The number of hydrogen-bond acceptors (Lipinski definition) is 9. The molecule has 1 aliphatic carbocycles. The van der Waals surface area contributed by atoms with Gasteiger partial charge in [0.1, 0.15) is 11.6 Å². The number of carbonyl (C=O) groups is 1. The van der Waals surface area contributed by atoms with Crippen LogP contribution in [-0.4, -0.2) is 44.6 Å². The van der Waals surface area contributed by atoms with E-state index < -0.39 is 0 Å². The smallest absolute Gasteiger partial charge is 0.257 e. The van der Waals surface area contributed by atoms with Gasteiger partial charge in [0.05, 0.1) is 46.4 Å². The number of nitrogens with one attached hydrogen (secondary N) is 1. The first kappa shape index (κ1) is 30.8. The maximum atomic E-state index is 14.8. The van der Waals surface area contributed by atoms with Crippen LogP contribution in [0.5, 0.6) is 5.75 Å². The Bertz CT molecular complexity index is 2340. The quantitative estimate of drug-likeness (QED) is 0.171. The third-order valence-corrected chi connectivity index (χ3v) is 11.3. The summed E-state index contributed by atoms with van der Waals surface area (Å²) in [7, 11) is 1.49. The van der Waals surface area contributed by atoms with Crippen LogP contribution in [-0.2, 0) is 19.3 Å². The fraction of sp³-hybridized carbons (Fsp3) is 0.289. The van der Waals surface area contributed by atoms with Crippen molar-refractivity contribution in [2.24, 2.45) is 0 Å². The van der Waals surface area contributed by atoms with Crippen molar-refractivity contribution in [2.45, 2.75) is 57.5 Å². The molecule has 6 heterocycles. The molecule has 0 bridgehead atoms. The van der Waals surface area contributed by atoms with Crippen molar-refractivity contribution in [3.05, 3.63) is 106 Å². The van der Waals surface area contributed by atoms with Crippen LogP contribution in [0.1, 0.15) is 75.7 Å². The Kier molecular flexibility index (Phi) is 7.38. The second-order valence-electron chi connectivity index (χ2n) is 13.0. The number of amides is 1. The highest BCUT2D eigenvalue weighted by Gasteiger charge is 2.45. The standard InChI is InChI=1S/C38H32F2N6O3S/c1-19-44-45-37(49-19)30-27(13-9-20-6-3-4-7-24(20)39)42-33-28-8-5-17-46(28)38(47)32(33)31(30)29-18-21-15-16-41-36(35(21)50-29)43-26-14-11-23-22(26)10-12-25(40)34(23)48-2/h3-4,6-7,10,12,15-16,18,26,28H,5,8-9,11,13-14,17H2,1-2H3,(H,41,43)/t26-,28-/m1/s1. The maximum Gasteiger partial charge on any atom is 0.257 e. The van der Waals surface area contributed by atoms with Crippen molar-refractivity contribution in [1.82, 2.24) is 25.1 Å². The molecule has 9 rings (SSSR count). The topological polar surface area (TPSA) is 106 Å². The van der Waals surface area contributed by atoms with Gasteiger partial charge in [0, 0.05) is 35.7 Å². The summed E-state index contributed by atoms with van der Waals surface area (Å²) in [6, 6.07) is 13.9. The van der Waals surface area contributed by atoms with Crippen LogP contribution >= 0.6 is 11.3 Å². The summed E-state index contributed by atoms with van der Waals surface area (Å²) in [5, 5.41) is 13.2. The number of aryl methyl sites for hydroxylation is 3. The monoisotopic (exact) mass is 690 g/mol. The predicted octanol–water partition coefficient (Wildman–Crippen LogP) is 8.18. The van der Waals surface area contributed by atoms with E-state index in [4.69, 9.17) is 19.1 Å². The van der Waals surface area contributed by atoms with E-state index in [1.165, 1.54) is 30.6 Å². The van der Waals surface area contributed by atoms with Crippen LogP contribution < -0.4 is 10.1 Å². The summed E-state index contributed by atoms with van der Waals surface area (Å²) in [6.07, 6.45) is 5.77. The summed E-state index contributed by atoms with van der Waals surface area (Å²) in [5.41, 5.74) is 5.75. The Morgan fingerprint density at radius 2 is 1.92 bits per heavy atom. The van der Waals surface area contributed by atoms with Gasteiger partial charge in [-0.1, -0.05) is 24.3 Å². The van der Waals surface area contributed by atoms with E-state index in [-0.39, 0.29) is 35.5 Å². The molecular weight excluding hydrogens is 659 g/mol. The van der Waals surface area contributed by atoms with Crippen LogP contribution in [0.3, 0.4) is 0 Å². The molecule has 0 saturated carbocycles. The molecule has 252 valence electrons. The van der Waals surface area contributed by atoms with Gasteiger partial charge in [-0.05, 0) is 79.3 Å². The Balaban J connectivity index is 1.20. The van der Waals surface area contributed by atoms with Crippen LogP contribution in [0, 0.1) is 18.6 Å². The molecule has 1 fully saturated rings. The lowest BCUT2D eigenvalue weighted by Crippen LogP contribution is -2.22. The number of aromatic nitrogens is 4. The van der Waals surface area contributed by atoms with Crippen LogP contribution in [0.25, 0.3) is 32.0 Å². The van der Waals surface area contributed by atoms with Gasteiger partial charge in [-0.2, -0.15) is 0 Å². The first-order valence-corrected chi connectivity index (χ1v) is 17.6. The van der Waals surface area contributed by atoms with Gasteiger partial charge in [-0.25, -0.2) is 13.8 Å². The average Bonchev–Trinajstić information content (AvgIpc) is 3.95. The minimum absolute atomic E-state index is 0.0548. The van der Waals surface area contributed by atoms with Crippen LogP contribution in [0.2, 0.25) is 0 Å².